The smallest absolute Gasteiger partial charge is 0.234 e. The molecule has 18 heavy (non-hydrogen) atoms. The number of nitrogens with zero attached hydrogens (tertiary/aromatic N) is 2. The van der Waals surface area contributed by atoms with Gasteiger partial charge in [-0.25, -0.2) is 0 Å². The van der Waals surface area contributed by atoms with Gasteiger partial charge in [-0.05, 0) is 20.3 Å². The summed E-state index contributed by atoms with van der Waals surface area (Å²) in [6.45, 7) is 5.97. The van der Waals surface area contributed by atoms with Crippen LogP contribution in [0.3, 0.4) is 0 Å². The lowest BCUT2D eigenvalue weighted by molar-refractivity contribution is 0.149. The molecule has 0 radical (unpaired) electrons. The Kier molecular flexibility index (Phi) is 7.44. The summed E-state index contributed by atoms with van der Waals surface area (Å²) >= 11 is 5.50. The normalized spacial score (nSPS) is 10.7. The molecule has 102 valence electrons. The van der Waals surface area contributed by atoms with Gasteiger partial charge >= 0.3 is 0 Å². The lowest BCUT2D eigenvalue weighted by Crippen LogP contribution is -2.10. The summed E-state index contributed by atoms with van der Waals surface area (Å²) in [5.41, 5.74) is 0. The van der Waals surface area contributed by atoms with Crippen LogP contribution in [0, 0.1) is 0 Å². The van der Waals surface area contributed by atoms with Crippen molar-refractivity contribution in [2.75, 3.05) is 31.0 Å². The van der Waals surface area contributed by atoms with Gasteiger partial charge in [-0.1, -0.05) is 0 Å². The van der Waals surface area contributed by atoms with E-state index in [-0.39, 0.29) is 6.10 Å². The van der Waals surface area contributed by atoms with E-state index >= 15 is 0 Å². The first-order valence-corrected chi connectivity index (χ1v) is 6.62. The van der Waals surface area contributed by atoms with E-state index in [9.17, 15) is 0 Å². The molecule has 1 N–H and O–H groups in total. The second kappa shape index (κ2) is 8.94. The van der Waals surface area contributed by atoms with Crippen LogP contribution in [0.5, 0.6) is 5.88 Å². The maximum Gasteiger partial charge on any atom is 0.234 e. The molecule has 0 bridgehead atoms. The van der Waals surface area contributed by atoms with Crippen molar-refractivity contribution in [3.63, 3.8) is 0 Å². The maximum absolute atomic E-state index is 5.50. The van der Waals surface area contributed by atoms with E-state index in [4.69, 9.17) is 21.1 Å². The Bertz CT molecular complexity index is 337. The van der Waals surface area contributed by atoms with Gasteiger partial charge in [-0.2, -0.15) is 4.98 Å². The predicted molar refractivity (Wildman–Crippen MR) is 72.4 cm³/mol. The first kappa shape index (κ1) is 15.0. The van der Waals surface area contributed by atoms with E-state index in [1.165, 1.54) is 0 Å². The van der Waals surface area contributed by atoms with Gasteiger partial charge in [0, 0.05) is 19.0 Å². The molecule has 0 aliphatic heterocycles. The largest absolute Gasteiger partial charge is 0.474 e. The minimum absolute atomic E-state index is 0.0958. The minimum Gasteiger partial charge on any atom is -0.474 e. The Morgan fingerprint density at radius 2 is 2.17 bits per heavy atom. The molecular formula is C12H20ClN3O2. The molecule has 0 spiro atoms. The molecule has 5 nitrogen and oxygen atoms in total. The summed E-state index contributed by atoms with van der Waals surface area (Å²) in [5, 5.41) is 3.17. The number of nitrogens with one attached hydrogen (secondary N) is 1. The van der Waals surface area contributed by atoms with E-state index in [2.05, 4.69) is 15.3 Å². The molecule has 1 aromatic heterocycles. The number of aromatic nitrogens is 2. The fourth-order valence-corrected chi connectivity index (χ4v) is 1.39. The van der Waals surface area contributed by atoms with E-state index in [0.717, 1.165) is 13.0 Å². The fraction of sp³-hybridized carbons (Fsp3) is 0.667. The molecule has 0 amide bonds. The lowest BCUT2D eigenvalue weighted by atomic mass is 10.4. The van der Waals surface area contributed by atoms with Crippen molar-refractivity contribution in [3.8, 4) is 5.88 Å². The van der Waals surface area contributed by atoms with Crippen molar-refractivity contribution in [1.82, 2.24) is 9.97 Å². The Morgan fingerprint density at radius 3 is 2.89 bits per heavy atom. The van der Waals surface area contributed by atoms with Crippen molar-refractivity contribution >= 4 is 17.4 Å². The van der Waals surface area contributed by atoms with Gasteiger partial charge in [0.15, 0.2) is 0 Å². The molecule has 0 aliphatic rings. The highest BCUT2D eigenvalue weighted by Crippen LogP contribution is 2.10. The summed E-state index contributed by atoms with van der Waals surface area (Å²) in [7, 11) is 0. The van der Waals surface area contributed by atoms with Crippen molar-refractivity contribution in [3.05, 3.63) is 12.4 Å². The van der Waals surface area contributed by atoms with Gasteiger partial charge in [0.2, 0.25) is 5.88 Å². The summed E-state index contributed by atoms with van der Waals surface area (Å²) in [4.78, 5) is 8.36. The quantitative estimate of drug-likeness (QED) is 0.553. The van der Waals surface area contributed by atoms with Gasteiger partial charge < -0.3 is 14.8 Å². The highest BCUT2D eigenvalue weighted by atomic mass is 35.5. The first-order valence-electron chi connectivity index (χ1n) is 6.08. The molecule has 1 aromatic rings. The van der Waals surface area contributed by atoms with Gasteiger partial charge in [0.1, 0.15) is 5.82 Å². The molecule has 1 heterocycles. The SMILES string of the molecule is CC(C)Oc1cncc(NCCCOCCCl)n1. The van der Waals surface area contributed by atoms with Crippen LogP contribution in [0.1, 0.15) is 20.3 Å². The maximum atomic E-state index is 5.50. The van der Waals surface area contributed by atoms with E-state index in [1.54, 1.807) is 12.4 Å². The Morgan fingerprint density at radius 1 is 1.33 bits per heavy atom. The molecule has 0 unspecified atom stereocenters. The van der Waals surface area contributed by atoms with Crippen molar-refractivity contribution in [2.24, 2.45) is 0 Å². The van der Waals surface area contributed by atoms with Crippen LogP contribution in [-0.2, 0) is 4.74 Å². The number of rotatable bonds is 9. The number of hydrogen-bond acceptors (Lipinski definition) is 5. The van der Waals surface area contributed by atoms with Gasteiger partial charge in [0.05, 0.1) is 25.1 Å². The zero-order valence-corrected chi connectivity index (χ0v) is 11.6. The summed E-state index contributed by atoms with van der Waals surface area (Å²) in [6.07, 6.45) is 4.27. The van der Waals surface area contributed by atoms with E-state index in [0.29, 0.717) is 30.8 Å². The molecule has 0 saturated carbocycles. The summed E-state index contributed by atoms with van der Waals surface area (Å²) in [6, 6.07) is 0. The van der Waals surface area contributed by atoms with Crippen LogP contribution in [0.2, 0.25) is 0 Å². The van der Waals surface area contributed by atoms with Crippen LogP contribution in [0.15, 0.2) is 12.4 Å². The summed E-state index contributed by atoms with van der Waals surface area (Å²) in [5.74, 6) is 1.78. The van der Waals surface area contributed by atoms with E-state index < -0.39 is 0 Å². The third-order valence-corrected chi connectivity index (χ3v) is 2.12. The number of ether oxygens (including phenoxy) is 2. The second-order valence-electron chi connectivity index (χ2n) is 3.99. The average molecular weight is 274 g/mol. The van der Waals surface area contributed by atoms with E-state index in [1.807, 2.05) is 13.8 Å². The average Bonchev–Trinajstić information content (AvgIpc) is 2.33. The Hall–Kier alpha value is -1.07. The van der Waals surface area contributed by atoms with Gasteiger partial charge in [-0.3, -0.25) is 4.98 Å². The Balaban J connectivity index is 2.25. The monoisotopic (exact) mass is 273 g/mol. The predicted octanol–water partition coefficient (Wildman–Crippen LogP) is 2.32. The number of hydrogen-bond donors (Lipinski definition) is 1. The fourth-order valence-electron chi connectivity index (χ4n) is 1.28. The van der Waals surface area contributed by atoms with Crippen molar-refractivity contribution < 1.29 is 9.47 Å². The molecule has 6 heteroatoms. The molecule has 0 saturated heterocycles. The number of alkyl halides is 1. The number of anilines is 1. The zero-order valence-electron chi connectivity index (χ0n) is 10.9. The molecule has 0 aliphatic carbocycles. The zero-order chi connectivity index (χ0) is 13.2. The van der Waals surface area contributed by atoms with Crippen LogP contribution in [0.4, 0.5) is 5.82 Å². The van der Waals surface area contributed by atoms with Gasteiger partial charge in [0.25, 0.3) is 0 Å². The molecule has 0 fully saturated rings. The number of halogens is 1. The van der Waals surface area contributed by atoms with Crippen LogP contribution in [-0.4, -0.2) is 41.7 Å². The van der Waals surface area contributed by atoms with Crippen molar-refractivity contribution in [2.45, 2.75) is 26.4 Å². The van der Waals surface area contributed by atoms with Crippen LogP contribution >= 0.6 is 11.6 Å². The summed E-state index contributed by atoms with van der Waals surface area (Å²) < 4.78 is 10.7. The molecule has 0 atom stereocenters. The highest BCUT2D eigenvalue weighted by molar-refractivity contribution is 6.17. The van der Waals surface area contributed by atoms with Crippen LogP contribution < -0.4 is 10.1 Å². The lowest BCUT2D eigenvalue weighted by Gasteiger charge is -2.10. The van der Waals surface area contributed by atoms with Crippen molar-refractivity contribution in [1.29, 1.82) is 0 Å². The third-order valence-electron chi connectivity index (χ3n) is 1.96. The third kappa shape index (κ3) is 6.61. The highest BCUT2D eigenvalue weighted by Gasteiger charge is 2.01. The topological polar surface area (TPSA) is 56.3 Å². The van der Waals surface area contributed by atoms with Crippen LogP contribution in [0.25, 0.3) is 0 Å². The molecule has 0 aromatic carbocycles. The minimum atomic E-state index is 0.0958. The Labute approximate surface area is 113 Å². The second-order valence-corrected chi connectivity index (χ2v) is 4.37. The molecule has 1 rings (SSSR count). The molecular weight excluding hydrogens is 254 g/mol. The van der Waals surface area contributed by atoms with Gasteiger partial charge in [-0.15, -0.1) is 11.6 Å². The first-order chi connectivity index (χ1) is 8.72. The standard InChI is InChI=1S/C12H20ClN3O2/c1-10(2)18-12-9-14-8-11(16-12)15-5-3-6-17-7-4-13/h8-10H,3-7H2,1-2H3,(H,15,16).